The number of ether oxygens (including phenoxy) is 1. The maximum Gasteiger partial charge on any atom is 0.246 e. The van der Waals surface area contributed by atoms with Crippen LogP contribution in [0.25, 0.3) is 6.08 Å². The van der Waals surface area contributed by atoms with Crippen LogP contribution in [0, 0.1) is 10.1 Å². The van der Waals surface area contributed by atoms with Crippen LogP contribution in [0.5, 0.6) is 5.75 Å². The van der Waals surface area contributed by atoms with Crippen LogP contribution in [0.2, 0.25) is 0 Å². The first kappa shape index (κ1) is 12.2. The lowest BCUT2D eigenvalue weighted by atomic mass is 10.1. The minimum absolute atomic E-state index is 0.243. The zero-order chi connectivity index (χ0) is 12.0. The molecule has 0 heterocycles. The lowest BCUT2D eigenvalue weighted by Crippen LogP contribution is -1.97. The van der Waals surface area contributed by atoms with E-state index in [2.05, 4.69) is 0 Å². The van der Waals surface area contributed by atoms with Crippen LogP contribution in [0.1, 0.15) is 25.3 Å². The van der Waals surface area contributed by atoms with E-state index in [0.29, 0.717) is 6.42 Å². The van der Waals surface area contributed by atoms with Crippen molar-refractivity contribution >= 4 is 6.08 Å². The fourth-order valence-electron chi connectivity index (χ4n) is 1.36. The first-order valence-corrected chi connectivity index (χ1v) is 5.16. The zero-order valence-corrected chi connectivity index (χ0v) is 9.47. The SMILES string of the molecule is CCC/C(=C/c1ccc(OC)cc1)[N+](=O)[O-]. The summed E-state index contributed by atoms with van der Waals surface area (Å²) in [7, 11) is 1.59. The number of hydrogen-bond donors (Lipinski definition) is 0. The first-order chi connectivity index (χ1) is 7.67. The molecule has 0 aliphatic heterocycles. The third kappa shape index (κ3) is 3.38. The molecule has 4 heteroatoms. The maximum absolute atomic E-state index is 10.7. The van der Waals surface area contributed by atoms with E-state index in [1.54, 1.807) is 37.5 Å². The van der Waals surface area contributed by atoms with Gasteiger partial charge in [-0.2, -0.15) is 0 Å². The van der Waals surface area contributed by atoms with Gasteiger partial charge < -0.3 is 4.74 Å². The van der Waals surface area contributed by atoms with Gasteiger partial charge >= 0.3 is 0 Å². The Morgan fingerprint density at radius 1 is 1.44 bits per heavy atom. The zero-order valence-electron chi connectivity index (χ0n) is 9.47. The number of methoxy groups -OCH3 is 1. The summed E-state index contributed by atoms with van der Waals surface area (Å²) in [6, 6.07) is 7.18. The molecule has 4 nitrogen and oxygen atoms in total. The summed E-state index contributed by atoms with van der Waals surface area (Å²) in [4.78, 5) is 10.4. The Morgan fingerprint density at radius 3 is 2.50 bits per heavy atom. The summed E-state index contributed by atoms with van der Waals surface area (Å²) in [5, 5.41) is 10.7. The van der Waals surface area contributed by atoms with Crippen LogP contribution in [-0.4, -0.2) is 12.0 Å². The van der Waals surface area contributed by atoms with Crippen molar-refractivity contribution in [1.82, 2.24) is 0 Å². The third-order valence-corrected chi connectivity index (χ3v) is 2.19. The van der Waals surface area contributed by atoms with Crippen LogP contribution >= 0.6 is 0 Å². The van der Waals surface area contributed by atoms with E-state index >= 15 is 0 Å². The second-order valence-electron chi connectivity index (χ2n) is 3.42. The largest absolute Gasteiger partial charge is 0.497 e. The maximum atomic E-state index is 10.7. The monoisotopic (exact) mass is 221 g/mol. The molecule has 0 N–H and O–H groups in total. The normalized spacial score (nSPS) is 11.2. The topological polar surface area (TPSA) is 52.4 Å². The van der Waals surface area contributed by atoms with Crippen molar-refractivity contribution in [3.05, 3.63) is 45.6 Å². The standard InChI is InChI=1S/C12H15NO3/c1-3-4-11(13(14)15)9-10-5-7-12(16-2)8-6-10/h5-9H,3-4H2,1-2H3/b11-9-. The smallest absolute Gasteiger partial charge is 0.246 e. The summed E-state index contributed by atoms with van der Waals surface area (Å²) in [5.74, 6) is 0.746. The highest BCUT2D eigenvalue weighted by molar-refractivity contribution is 5.52. The molecule has 0 saturated carbocycles. The molecule has 0 unspecified atom stereocenters. The van der Waals surface area contributed by atoms with Crippen LogP contribution in [-0.2, 0) is 0 Å². The van der Waals surface area contributed by atoms with Crippen LogP contribution < -0.4 is 4.74 Å². The molecular formula is C12H15NO3. The van der Waals surface area contributed by atoms with E-state index in [0.717, 1.165) is 17.7 Å². The van der Waals surface area contributed by atoms with Gasteiger partial charge in [0, 0.05) is 12.5 Å². The van der Waals surface area contributed by atoms with Crippen molar-refractivity contribution in [2.75, 3.05) is 7.11 Å². The van der Waals surface area contributed by atoms with Gasteiger partial charge in [0.25, 0.3) is 0 Å². The van der Waals surface area contributed by atoms with Gasteiger partial charge in [0.15, 0.2) is 0 Å². The van der Waals surface area contributed by atoms with Crippen molar-refractivity contribution in [1.29, 1.82) is 0 Å². The average Bonchev–Trinajstić information content (AvgIpc) is 2.29. The molecule has 16 heavy (non-hydrogen) atoms. The predicted octanol–water partition coefficient (Wildman–Crippen LogP) is 3.11. The molecule has 0 fully saturated rings. The van der Waals surface area contributed by atoms with E-state index in [9.17, 15) is 10.1 Å². The molecular weight excluding hydrogens is 206 g/mol. The summed E-state index contributed by atoms with van der Waals surface area (Å²) < 4.78 is 5.01. The van der Waals surface area contributed by atoms with Crippen LogP contribution in [0.3, 0.4) is 0 Å². The van der Waals surface area contributed by atoms with Gasteiger partial charge in [-0.25, -0.2) is 0 Å². The molecule has 0 spiro atoms. The summed E-state index contributed by atoms with van der Waals surface area (Å²) in [6.45, 7) is 1.92. The Balaban J connectivity index is 2.89. The predicted molar refractivity (Wildman–Crippen MR) is 62.9 cm³/mol. The number of nitrogens with zero attached hydrogens (tertiary/aromatic N) is 1. The number of allylic oxidation sites excluding steroid dienone is 1. The van der Waals surface area contributed by atoms with Gasteiger partial charge in [0.2, 0.25) is 5.70 Å². The highest BCUT2D eigenvalue weighted by Gasteiger charge is 2.08. The van der Waals surface area contributed by atoms with Crippen molar-refractivity contribution in [2.24, 2.45) is 0 Å². The Hall–Kier alpha value is -1.84. The van der Waals surface area contributed by atoms with Gasteiger partial charge in [-0.05, 0) is 24.1 Å². The molecule has 0 bridgehead atoms. The Kier molecular flexibility index (Phi) is 4.51. The number of benzene rings is 1. The number of hydrogen-bond acceptors (Lipinski definition) is 3. The lowest BCUT2D eigenvalue weighted by Gasteiger charge is -2.00. The van der Waals surface area contributed by atoms with Crippen molar-refractivity contribution in [3.8, 4) is 5.75 Å². The minimum Gasteiger partial charge on any atom is -0.497 e. The van der Waals surface area contributed by atoms with E-state index in [-0.39, 0.29) is 10.6 Å². The fraction of sp³-hybridized carbons (Fsp3) is 0.333. The highest BCUT2D eigenvalue weighted by Crippen LogP contribution is 2.16. The Bertz CT molecular complexity index is 382. The van der Waals surface area contributed by atoms with Gasteiger partial charge in [0.05, 0.1) is 12.0 Å². The van der Waals surface area contributed by atoms with E-state index in [4.69, 9.17) is 4.74 Å². The van der Waals surface area contributed by atoms with E-state index in [1.165, 1.54) is 0 Å². The van der Waals surface area contributed by atoms with Gasteiger partial charge in [-0.3, -0.25) is 10.1 Å². The Morgan fingerprint density at radius 2 is 2.06 bits per heavy atom. The quantitative estimate of drug-likeness (QED) is 0.567. The summed E-state index contributed by atoms with van der Waals surface area (Å²) >= 11 is 0. The molecule has 0 aliphatic carbocycles. The van der Waals surface area contributed by atoms with E-state index in [1.807, 2.05) is 6.92 Å². The van der Waals surface area contributed by atoms with E-state index < -0.39 is 0 Å². The molecule has 0 radical (unpaired) electrons. The second-order valence-corrected chi connectivity index (χ2v) is 3.42. The molecule has 0 amide bonds. The van der Waals surface area contributed by atoms with Crippen LogP contribution in [0.15, 0.2) is 30.0 Å². The lowest BCUT2D eigenvalue weighted by molar-refractivity contribution is -0.426. The molecule has 0 atom stereocenters. The minimum atomic E-state index is -0.326. The van der Waals surface area contributed by atoms with Crippen LogP contribution in [0.4, 0.5) is 0 Å². The average molecular weight is 221 g/mol. The van der Waals surface area contributed by atoms with Crippen molar-refractivity contribution < 1.29 is 9.66 Å². The second kappa shape index (κ2) is 5.90. The van der Waals surface area contributed by atoms with Crippen molar-refractivity contribution in [2.45, 2.75) is 19.8 Å². The molecule has 0 aromatic heterocycles. The Labute approximate surface area is 94.7 Å². The summed E-state index contributed by atoms with van der Waals surface area (Å²) in [5.41, 5.74) is 1.06. The van der Waals surface area contributed by atoms with Crippen molar-refractivity contribution in [3.63, 3.8) is 0 Å². The molecule has 1 aromatic carbocycles. The highest BCUT2D eigenvalue weighted by atomic mass is 16.6. The van der Waals surface area contributed by atoms with Gasteiger partial charge in [-0.1, -0.05) is 19.1 Å². The molecule has 1 rings (SSSR count). The first-order valence-electron chi connectivity index (χ1n) is 5.16. The number of nitro groups is 1. The van der Waals surface area contributed by atoms with Gasteiger partial charge in [0.1, 0.15) is 5.75 Å². The summed E-state index contributed by atoms with van der Waals surface area (Å²) in [6.07, 6.45) is 2.85. The third-order valence-electron chi connectivity index (χ3n) is 2.19. The fourth-order valence-corrected chi connectivity index (χ4v) is 1.36. The van der Waals surface area contributed by atoms with Gasteiger partial charge in [-0.15, -0.1) is 0 Å². The molecule has 1 aromatic rings. The molecule has 0 aliphatic rings. The molecule has 86 valence electrons. The molecule has 0 saturated heterocycles. The number of rotatable bonds is 5.